The molecule has 17 heavy (non-hydrogen) atoms. The predicted molar refractivity (Wildman–Crippen MR) is 67.2 cm³/mol. The lowest BCUT2D eigenvalue weighted by atomic mass is 9.98. The van der Waals surface area contributed by atoms with Crippen LogP contribution < -0.4 is 5.32 Å². The molecule has 1 N–H and O–H groups in total. The Hall–Kier alpha value is -1.36. The molecular formula is C12H16N2O2S. The first-order valence-electron chi connectivity index (χ1n) is 5.59. The largest absolute Gasteiger partial charge is 0.352 e. The van der Waals surface area contributed by atoms with Crippen LogP contribution >= 0.6 is 11.3 Å². The molecule has 0 aromatic carbocycles. The molecule has 0 aliphatic carbocycles. The Labute approximate surface area is 105 Å². The zero-order valence-electron chi connectivity index (χ0n) is 10.2. The molecule has 0 unspecified atom stereocenters. The van der Waals surface area contributed by atoms with Crippen molar-refractivity contribution >= 4 is 23.2 Å². The van der Waals surface area contributed by atoms with Gasteiger partial charge in [-0.3, -0.25) is 9.59 Å². The molecule has 0 saturated carbocycles. The fraction of sp³-hybridized carbons (Fsp3) is 0.500. The number of thiophene rings is 1. The van der Waals surface area contributed by atoms with Crippen molar-refractivity contribution in [2.45, 2.75) is 26.3 Å². The Morgan fingerprint density at radius 2 is 2.24 bits per heavy atom. The van der Waals surface area contributed by atoms with Gasteiger partial charge in [-0.1, -0.05) is 0 Å². The van der Waals surface area contributed by atoms with Crippen LogP contribution in [0.15, 0.2) is 11.4 Å². The van der Waals surface area contributed by atoms with Crippen molar-refractivity contribution in [2.75, 3.05) is 13.1 Å². The minimum Gasteiger partial charge on any atom is -0.352 e. The summed E-state index contributed by atoms with van der Waals surface area (Å²) in [6.07, 6.45) is 0. The molecule has 0 radical (unpaired) electrons. The zero-order valence-corrected chi connectivity index (χ0v) is 11.1. The minimum atomic E-state index is -0.772. The summed E-state index contributed by atoms with van der Waals surface area (Å²) in [6, 6.07) is 1.93. The monoisotopic (exact) mass is 252 g/mol. The standard InChI is InChI=1S/C12H16N2O2S/c1-8-4-7-17-9(8)10(15)14-6-5-13-11(16)12(14,2)3/h4,7H,5-6H2,1-3H3,(H,13,16). The van der Waals surface area contributed by atoms with Crippen molar-refractivity contribution in [3.8, 4) is 0 Å². The molecule has 1 fully saturated rings. The van der Waals surface area contributed by atoms with E-state index in [4.69, 9.17) is 0 Å². The molecule has 1 aromatic rings. The Morgan fingerprint density at radius 1 is 1.53 bits per heavy atom. The Morgan fingerprint density at radius 3 is 2.82 bits per heavy atom. The summed E-state index contributed by atoms with van der Waals surface area (Å²) in [7, 11) is 0. The SMILES string of the molecule is Cc1ccsc1C(=O)N1CCNC(=O)C1(C)C. The van der Waals surface area contributed by atoms with Gasteiger partial charge in [-0.25, -0.2) is 0 Å². The number of nitrogens with zero attached hydrogens (tertiary/aromatic N) is 1. The van der Waals surface area contributed by atoms with Crippen molar-refractivity contribution in [3.05, 3.63) is 21.9 Å². The van der Waals surface area contributed by atoms with Gasteiger partial charge in [0.15, 0.2) is 0 Å². The highest BCUT2D eigenvalue weighted by molar-refractivity contribution is 7.12. The zero-order chi connectivity index (χ0) is 12.6. The summed E-state index contributed by atoms with van der Waals surface area (Å²) in [6.45, 7) is 6.57. The summed E-state index contributed by atoms with van der Waals surface area (Å²) in [5.74, 6) is -0.136. The van der Waals surface area contributed by atoms with E-state index in [0.29, 0.717) is 13.1 Å². The first-order chi connectivity index (χ1) is 7.94. The summed E-state index contributed by atoms with van der Waals surface area (Å²) >= 11 is 1.43. The molecule has 0 bridgehead atoms. The van der Waals surface area contributed by atoms with Crippen LogP contribution in [0.4, 0.5) is 0 Å². The molecule has 1 aliphatic rings. The normalized spacial score (nSPS) is 19.0. The molecule has 0 spiro atoms. The molecule has 2 rings (SSSR count). The number of hydrogen-bond donors (Lipinski definition) is 1. The second kappa shape index (κ2) is 4.14. The molecule has 4 nitrogen and oxygen atoms in total. The number of carbonyl (C=O) groups is 2. The van der Waals surface area contributed by atoms with Gasteiger partial charge in [0.05, 0.1) is 4.88 Å². The van der Waals surface area contributed by atoms with E-state index in [-0.39, 0.29) is 11.8 Å². The molecule has 0 atom stereocenters. The minimum absolute atomic E-state index is 0.0441. The highest BCUT2D eigenvalue weighted by Crippen LogP contribution is 2.24. The van der Waals surface area contributed by atoms with E-state index in [0.717, 1.165) is 10.4 Å². The smallest absolute Gasteiger partial charge is 0.265 e. The summed E-state index contributed by atoms with van der Waals surface area (Å²) in [5.41, 5.74) is 0.202. The van der Waals surface area contributed by atoms with Gasteiger partial charge in [0.2, 0.25) is 5.91 Å². The quantitative estimate of drug-likeness (QED) is 0.821. The third-order valence-electron chi connectivity index (χ3n) is 3.15. The van der Waals surface area contributed by atoms with Crippen LogP contribution in [0.3, 0.4) is 0 Å². The maximum absolute atomic E-state index is 12.4. The van der Waals surface area contributed by atoms with Gasteiger partial charge in [-0.05, 0) is 37.8 Å². The van der Waals surface area contributed by atoms with Crippen LogP contribution in [0.2, 0.25) is 0 Å². The molecule has 1 aromatic heterocycles. The van der Waals surface area contributed by atoms with E-state index < -0.39 is 5.54 Å². The van der Waals surface area contributed by atoms with Crippen molar-refractivity contribution < 1.29 is 9.59 Å². The number of aryl methyl sites for hydroxylation is 1. The Balaban J connectivity index is 2.31. The van der Waals surface area contributed by atoms with Crippen LogP contribution in [0.1, 0.15) is 29.1 Å². The van der Waals surface area contributed by atoms with Gasteiger partial charge >= 0.3 is 0 Å². The summed E-state index contributed by atoms with van der Waals surface area (Å²) in [4.78, 5) is 26.6. The lowest BCUT2D eigenvalue weighted by Crippen LogP contribution is -2.63. The molecule has 92 valence electrons. The lowest BCUT2D eigenvalue weighted by molar-refractivity contribution is -0.133. The third kappa shape index (κ3) is 1.95. The first-order valence-corrected chi connectivity index (χ1v) is 6.47. The number of hydrogen-bond acceptors (Lipinski definition) is 3. The number of carbonyl (C=O) groups excluding carboxylic acids is 2. The van der Waals surface area contributed by atoms with Crippen molar-refractivity contribution in [2.24, 2.45) is 0 Å². The Bertz CT molecular complexity index is 465. The third-order valence-corrected chi connectivity index (χ3v) is 4.16. The molecule has 5 heteroatoms. The van der Waals surface area contributed by atoms with E-state index in [2.05, 4.69) is 5.32 Å². The van der Waals surface area contributed by atoms with Gasteiger partial charge in [-0.2, -0.15) is 0 Å². The number of amides is 2. The molecule has 2 heterocycles. The van der Waals surface area contributed by atoms with Crippen LogP contribution in [0.5, 0.6) is 0 Å². The van der Waals surface area contributed by atoms with Crippen LogP contribution in [-0.4, -0.2) is 35.3 Å². The maximum Gasteiger partial charge on any atom is 0.265 e. The van der Waals surface area contributed by atoms with Crippen molar-refractivity contribution in [1.82, 2.24) is 10.2 Å². The maximum atomic E-state index is 12.4. The fourth-order valence-electron chi connectivity index (χ4n) is 1.97. The van der Waals surface area contributed by atoms with E-state index in [1.54, 1.807) is 18.7 Å². The lowest BCUT2D eigenvalue weighted by Gasteiger charge is -2.41. The summed E-state index contributed by atoms with van der Waals surface area (Å²) in [5, 5.41) is 4.69. The van der Waals surface area contributed by atoms with Gasteiger partial charge < -0.3 is 10.2 Å². The van der Waals surface area contributed by atoms with Crippen LogP contribution in [0, 0.1) is 6.92 Å². The van der Waals surface area contributed by atoms with Crippen LogP contribution in [-0.2, 0) is 4.79 Å². The number of rotatable bonds is 1. The molecule has 1 saturated heterocycles. The molecular weight excluding hydrogens is 236 g/mol. The first kappa shape index (κ1) is 12.1. The van der Waals surface area contributed by atoms with Gasteiger partial charge in [0.25, 0.3) is 5.91 Å². The highest BCUT2D eigenvalue weighted by Gasteiger charge is 2.41. The van der Waals surface area contributed by atoms with E-state index in [1.807, 2.05) is 18.4 Å². The van der Waals surface area contributed by atoms with Crippen LogP contribution in [0.25, 0.3) is 0 Å². The average Bonchev–Trinajstić information content (AvgIpc) is 2.68. The Kier molecular flexibility index (Phi) is 2.95. The van der Waals surface area contributed by atoms with Gasteiger partial charge in [-0.15, -0.1) is 11.3 Å². The molecule has 1 aliphatic heterocycles. The van der Waals surface area contributed by atoms with Crippen molar-refractivity contribution in [1.29, 1.82) is 0 Å². The number of nitrogens with one attached hydrogen (secondary N) is 1. The molecule has 2 amide bonds. The van der Waals surface area contributed by atoms with E-state index in [1.165, 1.54) is 11.3 Å². The highest BCUT2D eigenvalue weighted by atomic mass is 32.1. The second-order valence-electron chi connectivity index (χ2n) is 4.70. The van der Waals surface area contributed by atoms with E-state index in [9.17, 15) is 9.59 Å². The predicted octanol–water partition coefficient (Wildman–Crippen LogP) is 1.41. The van der Waals surface area contributed by atoms with E-state index >= 15 is 0 Å². The topological polar surface area (TPSA) is 49.4 Å². The fourth-order valence-corrected chi connectivity index (χ4v) is 2.84. The van der Waals surface area contributed by atoms with Gasteiger partial charge in [0, 0.05) is 13.1 Å². The summed E-state index contributed by atoms with van der Waals surface area (Å²) < 4.78 is 0. The van der Waals surface area contributed by atoms with Gasteiger partial charge in [0.1, 0.15) is 5.54 Å². The average molecular weight is 252 g/mol. The van der Waals surface area contributed by atoms with Crippen molar-refractivity contribution in [3.63, 3.8) is 0 Å². The second-order valence-corrected chi connectivity index (χ2v) is 5.62. The number of piperazine rings is 1.